The molecule has 2 aromatic heterocycles. The van der Waals surface area contributed by atoms with Crippen LogP contribution in [0.2, 0.25) is 0 Å². The molecule has 2 heterocycles. The molecule has 4 aromatic rings. The number of fused-ring (bicyclic) bond motifs is 1. The summed E-state index contributed by atoms with van der Waals surface area (Å²) >= 11 is 1.25. The van der Waals surface area contributed by atoms with Gasteiger partial charge in [-0.1, -0.05) is 23.4 Å². The van der Waals surface area contributed by atoms with Gasteiger partial charge < -0.3 is 14.6 Å². The molecule has 0 fully saturated rings. The summed E-state index contributed by atoms with van der Waals surface area (Å²) in [5.74, 6) is -0.482. The number of halogens is 1. The van der Waals surface area contributed by atoms with Crippen molar-refractivity contribution in [3.8, 4) is 21.8 Å². The molecule has 0 aliphatic carbocycles. The quantitative estimate of drug-likeness (QED) is 0.495. The number of hydrogen-bond acceptors (Lipinski definition) is 6. The molecule has 2 aromatic carbocycles. The van der Waals surface area contributed by atoms with Crippen LogP contribution in [0.4, 0.5) is 4.39 Å². The number of nitrogens with zero attached hydrogens (tertiary/aromatic N) is 2. The van der Waals surface area contributed by atoms with Gasteiger partial charge >= 0.3 is 0 Å². The summed E-state index contributed by atoms with van der Waals surface area (Å²) in [7, 11) is 1.58. The second kappa shape index (κ2) is 7.87. The minimum absolute atomic E-state index is 0.202. The van der Waals surface area contributed by atoms with Crippen molar-refractivity contribution in [2.45, 2.75) is 0 Å². The molecule has 0 atom stereocenters. The lowest BCUT2D eigenvalue weighted by Crippen LogP contribution is -2.26. The summed E-state index contributed by atoms with van der Waals surface area (Å²) in [5.41, 5.74) is 2.96. The summed E-state index contributed by atoms with van der Waals surface area (Å²) < 4.78 is 23.5. The molecule has 0 radical (unpaired) electrons. The lowest BCUT2D eigenvalue weighted by molar-refractivity contribution is 0.0941. The normalized spacial score (nSPS) is 11.1. The number of benzene rings is 2. The predicted octanol–water partition coefficient (Wildman–Crippen LogP) is 4.13. The Bertz CT molecular complexity index is 1120. The highest BCUT2D eigenvalue weighted by Gasteiger charge is 2.17. The van der Waals surface area contributed by atoms with Crippen LogP contribution in [0, 0.1) is 5.82 Å². The van der Waals surface area contributed by atoms with Crippen molar-refractivity contribution in [2.24, 2.45) is 0 Å². The van der Waals surface area contributed by atoms with Crippen LogP contribution < -0.4 is 5.32 Å². The van der Waals surface area contributed by atoms with Crippen molar-refractivity contribution >= 4 is 28.2 Å². The van der Waals surface area contributed by atoms with Gasteiger partial charge in [0.25, 0.3) is 5.91 Å². The highest BCUT2D eigenvalue weighted by atomic mass is 32.1. The average Bonchev–Trinajstić information content (AvgIpc) is 3.35. The summed E-state index contributed by atoms with van der Waals surface area (Å²) in [6, 6.07) is 11.9. The highest BCUT2D eigenvalue weighted by Crippen LogP contribution is 2.33. The monoisotopic (exact) mass is 397 g/mol. The Kier molecular flexibility index (Phi) is 5.14. The Labute approximate surface area is 164 Å². The number of hydrogen-bond donors (Lipinski definition) is 1. The summed E-state index contributed by atoms with van der Waals surface area (Å²) in [6.45, 7) is 0.878. The van der Waals surface area contributed by atoms with Crippen molar-refractivity contribution in [2.75, 3.05) is 20.3 Å². The van der Waals surface area contributed by atoms with Gasteiger partial charge in [0.1, 0.15) is 21.4 Å². The topological polar surface area (TPSA) is 77.2 Å². The molecule has 0 aliphatic heterocycles. The van der Waals surface area contributed by atoms with Gasteiger partial charge in [0, 0.05) is 13.7 Å². The molecule has 8 heteroatoms. The second-order valence-electron chi connectivity index (χ2n) is 6.03. The van der Waals surface area contributed by atoms with Crippen molar-refractivity contribution in [3.63, 3.8) is 0 Å². The molecular weight excluding hydrogens is 381 g/mol. The maximum Gasteiger partial charge on any atom is 0.263 e. The summed E-state index contributed by atoms with van der Waals surface area (Å²) in [6.07, 6.45) is 1.52. The van der Waals surface area contributed by atoms with E-state index in [1.807, 2.05) is 18.2 Å². The summed E-state index contributed by atoms with van der Waals surface area (Å²) in [4.78, 5) is 16.9. The fourth-order valence-electron chi connectivity index (χ4n) is 2.76. The average molecular weight is 397 g/mol. The van der Waals surface area contributed by atoms with Crippen LogP contribution in [-0.2, 0) is 4.74 Å². The molecule has 0 unspecified atom stereocenters. The smallest absolute Gasteiger partial charge is 0.263 e. The van der Waals surface area contributed by atoms with E-state index in [4.69, 9.17) is 9.26 Å². The van der Waals surface area contributed by atoms with Gasteiger partial charge in [-0.15, -0.1) is 11.3 Å². The lowest BCUT2D eigenvalue weighted by atomic mass is 10.0. The first kappa shape index (κ1) is 18.3. The second-order valence-corrected chi connectivity index (χ2v) is 7.06. The third kappa shape index (κ3) is 3.64. The van der Waals surface area contributed by atoms with E-state index >= 15 is 0 Å². The van der Waals surface area contributed by atoms with Crippen molar-refractivity contribution in [1.29, 1.82) is 0 Å². The third-order valence-electron chi connectivity index (χ3n) is 4.17. The zero-order chi connectivity index (χ0) is 19.5. The Morgan fingerprint density at radius 2 is 2.00 bits per heavy atom. The molecule has 6 nitrogen and oxygen atoms in total. The Morgan fingerprint density at radius 1 is 1.21 bits per heavy atom. The predicted molar refractivity (Wildman–Crippen MR) is 105 cm³/mol. The van der Waals surface area contributed by atoms with Crippen molar-refractivity contribution in [1.82, 2.24) is 15.5 Å². The van der Waals surface area contributed by atoms with Gasteiger partial charge in [-0.3, -0.25) is 4.79 Å². The van der Waals surface area contributed by atoms with Gasteiger partial charge in [0.15, 0.2) is 5.58 Å². The Hall–Kier alpha value is -3.10. The van der Waals surface area contributed by atoms with E-state index in [-0.39, 0.29) is 11.7 Å². The molecule has 0 spiro atoms. The molecule has 1 amide bonds. The van der Waals surface area contributed by atoms with E-state index in [1.54, 1.807) is 19.2 Å². The van der Waals surface area contributed by atoms with Crippen LogP contribution in [0.15, 0.2) is 53.2 Å². The van der Waals surface area contributed by atoms with Gasteiger partial charge in [-0.05, 0) is 35.4 Å². The summed E-state index contributed by atoms with van der Waals surface area (Å²) in [5, 5.41) is 8.28. The van der Waals surface area contributed by atoms with Gasteiger partial charge in [-0.25, -0.2) is 9.37 Å². The number of aromatic nitrogens is 2. The number of ether oxygens (including phenoxy) is 1. The maximum atomic E-state index is 13.1. The fourth-order valence-corrected chi connectivity index (χ4v) is 3.58. The minimum Gasteiger partial charge on any atom is -0.383 e. The van der Waals surface area contributed by atoms with Crippen molar-refractivity contribution < 1.29 is 18.4 Å². The largest absolute Gasteiger partial charge is 0.383 e. The number of carbonyl (C=O) groups is 1. The van der Waals surface area contributed by atoms with Gasteiger partial charge in [0.2, 0.25) is 0 Å². The molecule has 142 valence electrons. The van der Waals surface area contributed by atoms with E-state index in [2.05, 4.69) is 15.5 Å². The molecule has 28 heavy (non-hydrogen) atoms. The van der Waals surface area contributed by atoms with Crippen molar-refractivity contribution in [3.05, 3.63) is 59.4 Å². The van der Waals surface area contributed by atoms with E-state index in [1.165, 1.54) is 29.7 Å². The van der Waals surface area contributed by atoms with E-state index in [9.17, 15) is 9.18 Å². The number of thiazole rings is 1. The zero-order valence-electron chi connectivity index (χ0n) is 14.9. The van der Waals surface area contributed by atoms with Crippen LogP contribution in [0.25, 0.3) is 32.8 Å². The van der Waals surface area contributed by atoms with Crippen LogP contribution in [0.3, 0.4) is 0 Å². The number of methoxy groups -OCH3 is 1. The fraction of sp³-hybridized carbons (Fsp3) is 0.150. The van der Waals surface area contributed by atoms with Crippen LogP contribution in [-0.4, -0.2) is 36.3 Å². The van der Waals surface area contributed by atoms with Crippen LogP contribution in [0.1, 0.15) is 9.67 Å². The van der Waals surface area contributed by atoms with Crippen LogP contribution in [0.5, 0.6) is 0 Å². The van der Waals surface area contributed by atoms with Gasteiger partial charge in [0.05, 0.1) is 18.2 Å². The molecule has 0 saturated heterocycles. The first-order chi connectivity index (χ1) is 13.7. The first-order valence-corrected chi connectivity index (χ1v) is 9.36. The molecule has 0 aliphatic rings. The highest BCUT2D eigenvalue weighted by molar-refractivity contribution is 7.17. The Morgan fingerprint density at radius 3 is 2.79 bits per heavy atom. The van der Waals surface area contributed by atoms with E-state index in [0.29, 0.717) is 34.3 Å². The van der Waals surface area contributed by atoms with E-state index in [0.717, 1.165) is 16.5 Å². The number of carbonyl (C=O) groups excluding carboxylic acids is 1. The maximum absolute atomic E-state index is 13.1. The number of rotatable bonds is 6. The standard InChI is InChI=1S/C20H16FN3O3S/c1-26-9-8-22-19(25)17-11-23-20(28-17)18-15-7-4-13(10-16(15)27-24-18)12-2-5-14(21)6-3-12/h2-7,10-11H,8-9H2,1H3,(H,22,25). The SMILES string of the molecule is COCCNC(=O)c1cnc(-c2noc3cc(-c4ccc(F)cc4)ccc23)s1. The Balaban J connectivity index is 1.60. The minimum atomic E-state index is -0.280. The molecular formula is C20H16FN3O3S. The number of nitrogens with one attached hydrogen (secondary N) is 1. The molecule has 1 N–H and O–H groups in total. The molecule has 4 rings (SSSR count). The number of amides is 1. The molecule has 0 saturated carbocycles. The van der Waals surface area contributed by atoms with E-state index < -0.39 is 0 Å². The van der Waals surface area contributed by atoms with Gasteiger partial charge in [-0.2, -0.15) is 0 Å². The zero-order valence-corrected chi connectivity index (χ0v) is 15.8. The third-order valence-corrected chi connectivity index (χ3v) is 5.18. The van der Waals surface area contributed by atoms with Crippen LogP contribution >= 0.6 is 11.3 Å². The lowest BCUT2D eigenvalue weighted by Gasteiger charge is -2.01. The molecule has 0 bridgehead atoms. The first-order valence-electron chi connectivity index (χ1n) is 8.54.